The van der Waals surface area contributed by atoms with E-state index in [4.69, 9.17) is 4.74 Å². The Morgan fingerprint density at radius 3 is 2.20 bits per heavy atom. The van der Waals surface area contributed by atoms with Gasteiger partial charge < -0.3 is 20.1 Å². The van der Waals surface area contributed by atoms with Crippen LogP contribution in [0.2, 0.25) is 0 Å². The van der Waals surface area contributed by atoms with E-state index in [-0.39, 0.29) is 24.5 Å². The van der Waals surface area contributed by atoms with Crippen LogP contribution in [0.3, 0.4) is 0 Å². The molecule has 0 radical (unpaired) electrons. The van der Waals surface area contributed by atoms with Crippen LogP contribution in [0.1, 0.15) is 41.9 Å². The Kier molecular flexibility index (Phi) is 7.26. The lowest BCUT2D eigenvalue weighted by molar-refractivity contribution is -0.152. The first-order valence-corrected chi connectivity index (χ1v) is 14.2. The van der Waals surface area contributed by atoms with E-state index in [1.165, 1.54) is 0 Å². The van der Waals surface area contributed by atoms with Crippen molar-refractivity contribution in [3.63, 3.8) is 0 Å². The molecule has 0 aromatic heterocycles. The van der Waals surface area contributed by atoms with Crippen LogP contribution < -0.4 is 5.32 Å². The normalized spacial score (nSPS) is 23.2. The van der Waals surface area contributed by atoms with Crippen LogP contribution in [-0.4, -0.2) is 71.2 Å². The van der Waals surface area contributed by atoms with Crippen LogP contribution in [0.4, 0.5) is 4.79 Å². The lowest BCUT2D eigenvalue weighted by Crippen LogP contribution is -2.63. The lowest BCUT2D eigenvalue weighted by atomic mass is 9.79. The van der Waals surface area contributed by atoms with Gasteiger partial charge in [-0.3, -0.25) is 14.5 Å². The maximum absolute atomic E-state index is 14.0. The fraction of sp³-hybridized carbons (Fsp3) is 0.364. The molecule has 6 rings (SSSR count). The molecule has 2 aliphatic carbocycles. The molecule has 0 spiro atoms. The zero-order valence-electron chi connectivity index (χ0n) is 23.2. The van der Waals surface area contributed by atoms with Crippen molar-refractivity contribution in [1.82, 2.24) is 15.1 Å². The maximum Gasteiger partial charge on any atom is 0.408 e. The monoisotopic (exact) mass is 553 g/mol. The van der Waals surface area contributed by atoms with Gasteiger partial charge in [0.05, 0.1) is 5.92 Å². The Morgan fingerprint density at radius 1 is 0.951 bits per heavy atom. The van der Waals surface area contributed by atoms with Gasteiger partial charge in [0.2, 0.25) is 5.91 Å². The van der Waals surface area contributed by atoms with Crippen molar-refractivity contribution in [2.24, 2.45) is 5.92 Å². The summed E-state index contributed by atoms with van der Waals surface area (Å²) >= 11 is 0. The molecule has 2 fully saturated rings. The van der Waals surface area contributed by atoms with Gasteiger partial charge in [0.1, 0.15) is 12.1 Å². The molecular weight excluding hydrogens is 518 g/mol. The van der Waals surface area contributed by atoms with E-state index in [1.54, 1.807) is 11.9 Å². The van der Waals surface area contributed by atoms with Crippen LogP contribution in [0.25, 0.3) is 11.1 Å². The number of nitrogens with zero attached hydrogens (tertiary/aromatic N) is 2. The Morgan fingerprint density at radius 2 is 1.56 bits per heavy atom. The number of fused-ring (bicyclic) bond motifs is 3. The molecule has 8 heteroatoms. The van der Waals surface area contributed by atoms with Gasteiger partial charge in [-0.1, -0.05) is 78.9 Å². The fourth-order valence-corrected chi connectivity index (χ4v) is 6.63. The predicted octanol–water partition coefficient (Wildman–Crippen LogP) is 4.49. The van der Waals surface area contributed by atoms with Crippen molar-refractivity contribution in [3.05, 3.63) is 95.6 Å². The van der Waals surface area contributed by atoms with Crippen LogP contribution in [0.5, 0.6) is 0 Å². The minimum Gasteiger partial charge on any atom is -0.481 e. The second-order valence-electron chi connectivity index (χ2n) is 11.6. The van der Waals surface area contributed by atoms with Crippen molar-refractivity contribution in [1.29, 1.82) is 0 Å². The number of ether oxygens (including phenoxy) is 1. The first-order chi connectivity index (χ1) is 19.8. The topological polar surface area (TPSA) is 99.2 Å². The van der Waals surface area contributed by atoms with Gasteiger partial charge in [0, 0.05) is 38.6 Å². The number of carbonyl (C=O) groups is 3. The highest BCUT2D eigenvalue weighted by molar-refractivity contribution is 5.91. The lowest BCUT2D eigenvalue weighted by Gasteiger charge is -2.43. The van der Waals surface area contributed by atoms with E-state index >= 15 is 0 Å². The molecule has 1 saturated carbocycles. The molecule has 3 aromatic rings. The van der Waals surface area contributed by atoms with Crippen molar-refractivity contribution >= 4 is 18.0 Å². The number of carboxylic acids is 1. The summed E-state index contributed by atoms with van der Waals surface area (Å²) in [7, 11) is 1.71. The fourth-order valence-electron chi connectivity index (χ4n) is 6.63. The zero-order chi connectivity index (χ0) is 28.6. The van der Waals surface area contributed by atoms with E-state index in [0.29, 0.717) is 38.9 Å². The van der Waals surface area contributed by atoms with Gasteiger partial charge in [0.15, 0.2) is 0 Å². The van der Waals surface area contributed by atoms with Crippen LogP contribution in [0, 0.1) is 5.92 Å². The average molecular weight is 554 g/mol. The maximum atomic E-state index is 14.0. The van der Waals surface area contributed by atoms with E-state index in [0.717, 1.165) is 27.8 Å². The molecule has 1 saturated heterocycles. The number of carboxylic acid groups (broad SMARTS) is 1. The summed E-state index contributed by atoms with van der Waals surface area (Å²) in [5, 5.41) is 12.3. The molecule has 3 aromatic carbocycles. The van der Waals surface area contributed by atoms with E-state index in [2.05, 4.69) is 34.5 Å². The average Bonchev–Trinajstić information content (AvgIpc) is 3.50. The molecule has 2 N–H and O–H groups in total. The van der Waals surface area contributed by atoms with Crippen molar-refractivity contribution in [2.45, 2.75) is 43.3 Å². The van der Waals surface area contributed by atoms with Crippen molar-refractivity contribution in [2.75, 3.05) is 26.7 Å². The first-order valence-electron chi connectivity index (χ1n) is 14.2. The highest BCUT2D eigenvalue weighted by Crippen LogP contribution is 2.44. The van der Waals surface area contributed by atoms with Gasteiger partial charge in [0.25, 0.3) is 0 Å². The number of alkyl carbamates (subject to hydrolysis) is 1. The molecule has 1 heterocycles. The Balaban J connectivity index is 1.17. The summed E-state index contributed by atoms with van der Waals surface area (Å²) in [4.78, 5) is 42.5. The number of nitrogens with one attached hydrogen (secondary N) is 1. The molecule has 2 amide bonds. The van der Waals surface area contributed by atoms with Gasteiger partial charge in [-0.25, -0.2) is 4.79 Å². The molecule has 0 bridgehead atoms. The van der Waals surface area contributed by atoms with Crippen LogP contribution in [0.15, 0.2) is 78.9 Å². The Hall–Kier alpha value is -4.17. The molecule has 3 aliphatic rings. The summed E-state index contributed by atoms with van der Waals surface area (Å²) in [5.74, 6) is -1.54. The zero-order valence-corrected chi connectivity index (χ0v) is 23.2. The van der Waals surface area contributed by atoms with Crippen LogP contribution in [-0.2, 0) is 20.9 Å². The third kappa shape index (κ3) is 5.20. The quantitative estimate of drug-likeness (QED) is 0.427. The molecule has 1 atom stereocenters. The number of amides is 2. The number of rotatable bonds is 8. The number of carbonyl (C=O) groups excluding carboxylic acids is 2. The van der Waals surface area contributed by atoms with Crippen molar-refractivity contribution in [3.8, 4) is 11.1 Å². The number of likely N-dealkylation sites (N-methyl/N-ethyl adjacent to an activating group) is 1. The van der Waals surface area contributed by atoms with Crippen LogP contribution >= 0.6 is 0 Å². The molecule has 212 valence electrons. The largest absolute Gasteiger partial charge is 0.481 e. The van der Waals surface area contributed by atoms with E-state index in [1.807, 2.05) is 54.6 Å². The summed E-state index contributed by atoms with van der Waals surface area (Å²) < 4.78 is 5.84. The number of likely N-dealkylation sites (tertiary alicyclic amines) is 1. The summed E-state index contributed by atoms with van der Waals surface area (Å²) in [6, 6.07) is 26.2. The smallest absolute Gasteiger partial charge is 0.408 e. The van der Waals surface area contributed by atoms with E-state index in [9.17, 15) is 19.5 Å². The molecule has 1 unspecified atom stereocenters. The van der Waals surface area contributed by atoms with Gasteiger partial charge in [-0.05, 0) is 47.1 Å². The number of aliphatic carboxylic acids is 1. The Bertz CT molecular complexity index is 1410. The SMILES string of the molecule is CN(C(=O)C1(NC(=O)OCC2c3ccccc3-c3ccccc32)CCN(Cc2ccccc2)C1)C1CC(C(=O)O)C1. The number of hydrogen-bond donors (Lipinski definition) is 2. The minimum absolute atomic E-state index is 0.0800. The first kappa shape index (κ1) is 27.0. The summed E-state index contributed by atoms with van der Waals surface area (Å²) in [6.45, 7) is 1.82. The number of benzene rings is 3. The third-order valence-electron chi connectivity index (χ3n) is 9.02. The second kappa shape index (κ2) is 11.0. The van der Waals surface area contributed by atoms with Gasteiger partial charge >= 0.3 is 12.1 Å². The predicted molar refractivity (Wildman–Crippen MR) is 154 cm³/mol. The molecule has 8 nitrogen and oxygen atoms in total. The number of hydrogen-bond acceptors (Lipinski definition) is 5. The van der Waals surface area contributed by atoms with Gasteiger partial charge in [-0.2, -0.15) is 0 Å². The highest BCUT2D eigenvalue weighted by atomic mass is 16.5. The standard InChI is InChI=1S/C33H35N3O5/c1-35(24-17-23(18-24)30(37)38)31(39)33(15-16-36(21-33)19-22-9-3-2-4-10-22)34-32(40)41-20-29-27-13-7-5-11-25(27)26-12-6-8-14-28(26)29/h2-14,23-24,29H,15-21H2,1H3,(H,34,40)(H,37,38). The van der Waals surface area contributed by atoms with E-state index < -0.39 is 23.5 Å². The minimum atomic E-state index is -1.15. The van der Waals surface area contributed by atoms with Gasteiger partial charge in [-0.15, -0.1) is 0 Å². The molecular formula is C33H35N3O5. The summed E-state index contributed by atoms with van der Waals surface area (Å²) in [6.07, 6.45) is 0.674. The molecule has 41 heavy (non-hydrogen) atoms. The highest BCUT2D eigenvalue weighted by Gasteiger charge is 2.50. The Labute approximate surface area is 239 Å². The molecule has 1 aliphatic heterocycles. The van der Waals surface area contributed by atoms with Crippen molar-refractivity contribution < 1.29 is 24.2 Å². The third-order valence-corrected chi connectivity index (χ3v) is 9.02. The summed E-state index contributed by atoms with van der Waals surface area (Å²) in [5.41, 5.74) is 4.53. The second-order valence-corrected chi connectivity index (χ2v) is 11.6.